The lowest BCUT2D eigenvalue weighted by Gasteiger charge is -2.19. The van der Waals surface area contributed by atoms with Crippen molar-refractivity contribution in [3.8, 4) is 0 Å². The number of pyridine rings is 1. The first-order valence-corrected chi connectivity index (χ1v) is 11.6. The third kappa shape index (κ3) is 4.29. The average Bonchev–Trinajstić information content (AvgIpc) is 2.74. The zero-order chi connectivity index (χ0) is 22.1. The van der Waals surface area contributed by atoms with Gasteiger partial charge in [-0.2, -0.15) is 4.98 Å². The molecule has 0 spiro atoms. The Kier molecular flexibility index (Phi) is 6.37. The van der Waals surface area contributed by atoms with Crippen molar-refractivity contribution in [3.05, 3.63) is 45.9 Å². The molecule has 160 valence electrons. The molecule has 0 radical (unpaired) electrons. The summed E-state index contributed by atoms with van der Waals surface area (Å²) in [6.07, 6.45) is 3.51. The minimum Gasteiger partial charge on any atom is -0.357 e. The third-order valence-electron chi connectivity index (χ3n) is 4.93. The smallest absolute Gasteiger partial charge is 0.295 e. The highest BCUT2D eigenvalue weighted by molar-refractivity contribution is 7.91. The Morgan fingerprint density at radius 3 is 2.47 bits per heavy atom. The molecular weight excluding hydrogens is 428 g/mol. The summed E-state index contributed by atoms with van der Waals surface area (Å²) in [5, 5.41) is 3.12. The molecule has 0 bridgehead atoms. The van der Waals surface area contributed by atoms with E-state index in [2.05, 4.69) is 25.3 Å². The van der Waals surface area contributed by atoms with E-state index in [-0.39, 0.29) is 39.4 Å². The number of fused-ring (bicyclic) bond motifs is 1. The molecule has 0 unspecified atom stereocenters. The quantitative estimate of drug-likeness (QED) is 0.545. The fourth-order valence-electron chi connectivity index (χ4n) is 2.94. The zero-order valence-electron chi connectivity index (χ0n) is 17.1. The summed E-state index contributed by atoms with van der Waals surface area (Å²) >= 11 is 5.92. The molecule has 1 N–H and O–H groups in total. The standard InChI is InChI=1S/C19H23ClN6O3S/c1-5-11(3)26-17-15(10-22-19(20)25-17)24-16(18(26)27)23-12(4)14-8-7-13(9-21-14)30(28,29)6-2/h7-12H,5-6H2,1-4H3,(H,23,24)/t11-,12+/m1/s1. The van der Waals surface area contributed by atoms with Gasteiger partial charge in [0, 0.05) is 12.2 Å². The molecule has 0 saturated carbocycles. The molecule has 0 amide bonds. The maximum atomic E-state index is 13.1. The van der Waals surface area contributed by atoms with Crippen LogP contribution >= 0.6 is 11.6 Å². The number of hydrogen-bond acceptors (Lipinski definition) is 8. The lowest BCUT2D eigenvalue weighted by Crippen LogP contribution is -2.29. The van der Waals surface area contributed by atoms with Crippen molar-refractivity contribution in [1.29, 1.82) is 0 Å². The van der Waals surface area contributed by atoms with Crippen molar-refractivity contribution < 1.29 is 8.42 Å². The van der Waals surface area contributed by atoms with Crippen LogP contribution in [0.15, 0.2) is 34.2 Å². The predicted octanol–water partition coefficient (Wildman–Crippen LogP) is 3.17. The van der Waals surface area contributed by atoms with Crippen molar-refractivity contribution in [2.45, 2.75) is 51.1 Å². The SMILES string of the molecule is CC[C@@H](C)n1c(=O)c(N[C@@H](C)c2ccc(S(=O)(=O)CC)cn2)nc2cnc(Cl)nc21. The molecule has 11 heteroatoms. The van der Waals surface area contributed by atoms with E-state index in [0.29, 0.717) is 23.3 Å². The summed E-state index contributed by atoms with van der Waals surface area (Å²) < 4.78 is 25.5. The fraction of sp³-hybridized carbons (Fsp3) is 0.421. The van der Waals surface area contributed by atoms with Crippen LogP contribution in [0.4, 0.5) is 5.82 Å². The highest BCUT2D eigenvalue weighted by Gasteiger charge is 2.19. The van der Waals surface area contributed by atoms with Gasteiger partial charge in [-0.1, -0.05) is 13.8 Å². The number of aromatic nitrogens is 5. The summed E-state index contributed by atoms with van der Waals surface area (Å²) in [6, 6.07) is 2.62. The molecule has 2 atom stereocenters. The second-order valence-electron chi connectivity index (χ2n) is 6.93. The van der Waals surface area contributed by atoms with E-state index in [1.54, 1.807) is 17.6 Å². The topological polar surface area (TPSA) is 120 Å². The predicted molar refractivity (Wildman–Crippen MR) is 116 cm³/mol. The first-order valence-electron chi connectivity index (χ1n) is 9.58. The van der Waals surface area contributed by atoms with Crippen molar-refractivity contribution in [3.63, 3.8) is 0 Å². The normalized spacial score (nSPS) is 13.9. The first-order chi connectivity index (χ1) is 14.2. The lowest BCUT2D eigenvalue weighted by molar-refractivity contribution is 0.526. The fourth-order valence-corrected chi connectivity index (χ4v) is 3.89. The molecule has 30 heavy (non-hydrogen) atoms. The van der Waals surface area contributed by atoms with Gasteiger partial charge in [0.2, 0.25) is 5.28 Å². The molecule has 3 aromatic rings. The zero-order valence-corrected chi connectivity index (χ0v) is 18.7. The van der Waals surface area contributed by atoms with Gasteiger partial charge in [0.15, 0.2) is 21.3 Å². The summed E-state index contributed by atoms with van der Waals surface area (Å²) in [7, 11) is -3.33. The van der Waals surface area contributed by atoms with Gasteiger partial charge in [-0.25, -0.2) is 18.4 Å². The lowest BCUT2D eigenvalue weighted by atomic mass is 10.2. The maximum absolute atomic E-state index is 13.1. The Morgan fingerprint density at radius 1 is 1.13 bits per heavy atom. The monoisotopic (exact) mass is 450 g/mol. The van der Waals surface area contributed by atoms with Crippen LogP contribution in [-0.4, -0.2) is 38.7 Å². The van der Waals surface area contributed by atoms with Crippen molar-refractivity contribution in [2.24, 2.45) is 0 Å². The van der Waals surface area contributed by atoms with Crippen LogP contribution < -0.4 is 10.9 Å². The Labute approximate surface area is 179 Å². The molecule has 3 rings (SSSR count). The minimum atomic E-state index is -3.33. The van der Waals surface area contributed by atoms with Gasteiger partial charge in [-0.05, 0) is 44.0 Å². The number of anilines is 1. The molecule has 3 aromatic heterocycles. The molecule has 0 aliphatic carbocycles. The van der Waals surface area contributed by atoms with E-state index in [4.69, 9.17) is 11.6 Å². The number of halogens is 1. The highest BCUT2D eigenvalue weighted by Crippen LogP contribution is 2.21. The van der Waals surface area contributed by atoms with Crippen LogP contribution in [0.25, 0.3) is 11.2 Å². The van der Waals surface area contributed by atoms with Crippen LogP contribution in [0.1, 0.15) is 51.9 Å². The number of sulfone groups is 1. The first kappa shape index (κ1) is 22.1. The summed E-state index contributed by atoms with van der Waals surface area (Å²) in [4.78, 5) is 30.1. The molecule has 0 saturated heterocycles. The molecule has 0 fully saturated rings. The third-order valence-corrected chi connectivity index (χ3v) is 6.83. The van der Waals surface area contributed by atoms with Crippen LogP contribution in [0.5, 0.6) is 0 Å². The van der Waals surface area contributed by atoms with E-state index < -0.39 is 9.84 Å². The van der Waals surface area contributed by atoms with Crippen LogP contribution in [0, 0.1) is 0 Å². The van der Waals surface area contributed by atoms with Gasteiger partial charge in [-0.3, -0.25) is 14.3 Å². The second-order valence-corrected chi connectivity index (χ2v) is 9.55. The molecule has 0 aliphatic rings. The number of hydrogen-bond donors (Lipinski definition) is 1. The molecule has 0 aliphatic heterocycles. The van der Waals surface area contributed by atoms with Gasteiger partial charge in [0.1, 0.15) is 5.52 Å². The van der Waals surface area contributed by atoms with Crippen LogP contribution in [0.2, 0.25) is 5.28 Å². The summed E-state index contributed by atoms with van der Waals surface area (Å²) in [6.45, 7) is 7.28. The van der Waals surface area contributed by atoms with E-state index in [0.717, 1.165) is 0 Å². The Morgan fingerprint density at radius 2 is 1.87 bits per heavy atom. The largest absolute Gasteiger partial charge is 0.357 e. The Bertz CT molecular complexity index is 1230. The van der Waals surface area contributed by atoms with Gasteiger partial charge in [0.05, 0.1) is 28.6 Å². The van der Waals surface area contributed by atoms with Crippen molar-refractivity contribution in [2.75, 3.05) is 11.1 Å². The maximum Gasteiger partial charge on any atom is 0.295 e. The Hall–Kier alpha value is -2.59. The summed E-state index contributed by atoms with van der Waals surface area (Å²) in [5.74, 6) is 0.137. The van der Waals surface area contributed by atoms with E-state index in [1.807, 2.05) is 20.8 Å². The second kappa shape index (κ2) is 8.65. The molecule has 9 nitrogen and oxygen atoms in total. The van der Waals surface area contributed by atoms with E-state index in [1.165, 1.54) is 18.5 Å². The van der Waals surface area contributed by atoms with E-state index in [9.17, 15) is 13.2 Å². The van der Waals surface area contributed by atoms with E-state index >= 15 is 0 Å². The van der Waals surface area contributed by atoms with Gasteiger partial charge in [-0.15, -0.1) is 0 Å². The molecular formula is C19H23ClN6O3S. The van der Waals surface area contributed by atoms with Gasteiger partial charge < -0.3 is 5.32 Å². The molecule has 3 heterocycles. The van der Waals surface area contributed by atoms with Crippen LogP contribution in [-0.2, 0) is 9.84 Å². The number of nitrogens with one attached hydrogen (secondary N) is 1. The van der Waals surface area contributed by atoms with Crippen molar-refractivity contribution >= 4 is 38.4 Å². The number of nitrogens with zero attached hydrogens (tertiary/aromatic N) is 5. The van der Waals surface area contributed by atoms with Crippen molar-refractivity contribution in [1.82, 2.24) is 24.5 Å². The Balaban J connectivity index is 2.00. The minimum absolute atomic E-state index is 0.00405. The van der Waals surface area contributed by atoms with Crippen LogP contribution in [0.3, 0.4) is 0 Å². The number of rotatable bonds is 7. The average molecular weight is 451 g/mol. The summed E-state index contributed by atoms with van der Waals surface area (Å²) in [5.41, 5.74) is 1.06. The van der Waals surface area contributed by atoms with Gasteiger partial charge in [0.25, 0.3) is 5.56 Å². The molecule has 0 aromatic carbocycles. The highest BCUT2D eigenvalue weighted by atomic mass is 35.5. The van der Waals surface area contributed by atoms with Gasteiger partial charge >= 0.3 is 0 Å².